The minimum Gasteiger partial charge on any atom is -0.494 e. The van der Waals surface area contributed by atoms with Gasteiger partial charge >= 0.3 is 0 Å². The van der Waals surface area contributed by atoms with Gasteiger partial charge in [0.25, 0.3) is 11.8 Å². The normalized spacial score (nSPS) is 12.6. The molecule has 150 valence electrons. The minimum atomic E-state index is -0.765. The number of amides is 2. The third kappa shape index (κ3) is 6.81. The van der Waals surface area contributed by atoms with Crippen molar-refractivity contribution < 1.29 is 19.1 Å². The van der Waals surface area contributed by atoms with E-state index in [4.69, 9.17) is 9.47 Å². The molecule has 0 heterocycles. The first-order valence-electron chi connectivity index (χ1n) is 9.11. The zero-order valence-corrected chi connectivity index (χ0v) is 17.3. The van der Waals surface area contributed by atoms with Gasteiger partial charge in [0.15, 0.2) is 6.10 Å². The summed E-state index contributed by atoms with van der Waals surface area (Å²) in [6.07, 6.45) is -0.765. The van der Waals surface area contributed by atoms with Crippen molar-refractivity contribution >= 4 is 23.6 Å². The number of hydrazine groups is 1. The van der Waals surface area contributed by atoms with Crippen molar-refractivity contribution in [2.45, 2.75) is 43.9 Å². The van der Waals surface area contributed by atoms with Crippen LogP contribution in [-0.4, -0.2) is 29.8 Å². The lowest BCUT2D eigenvalue weighted by molar-refractivity contribution is -0.132. The molecule has 0 aromatic heterocycles. The van der Waals surface area contributed by atoms with Gasteiger partial charge in [-0.25, -0.2) is 0 Å². The zero-order valence-electron chi connectivity index (χ0n) is 16.5. The number of nitrogens with one attached hydrogen (secondary N) is 2. The first-order chi connectivity index (χ1) is 13.4. The highest BCUT2D eigenvalue weighted by atomic mass is 32.2. The van der Waals surface area contributed by atoms with E-state index >= 15 is 0 Å². The van der Waals surface area contributed by atoms with E-state index in [1.807, 2.05) is 38.1 Å². The van der Waals surface area contributed by atoms with Crippen LogP contribution in [0.4, 0.5) is 0 Å². The van der Waals surface area contributed by atoms with Gasteiger partial charge in [-0.1, -0.05) is 17.7 Å². The zero-order chi connectivity index (χ0) is 20.5. The number of carbonyl (C=O) groups is 2. The van der Waals surface area contributed by atoms with Crippen molar-refractivity contribution in [1.29, 1.82) is 0 Å². The molecule has 2 aromatic carbocycles. The summed E-state index contributed by atoms with van der Waals surface area (Å²) in [5, 5.41) is -0.356. The predicted octanol–water partition coefficient (Wildman–Crippen LogP) is 3.49. The molecule has 0 unspecified atom stereocenters. The molecule has 28 heavy (non-hydrogen) atoms. The smallest absolute Gasteiger partial charge is 0.279 e. The van der Waals surface area contributed by atoms with Gasteiger partial charge in [0.05, 0.1) is 11.9 Å². The molecule has 0 bridgehead atoms. The van der Waals surface area contributed by atoms with Crippen LogP contribution in [-0.2, 0) is 9.59 Å². The first kappa shape index (κ1) is 21.6. The number of hydrogen-bond donors (Lipinski definition) is 2. The van der Waals surface area contributed by atoms with Gasteiger partial charge in [-0.2, -0.15) is 0 Å². The summed E-state index contributed by atoms with van der Waals surface area (Å²) < 4.78 is 10.9. The Kier molecular flexibility index (Phi) is 8.19. The van der Waals surface area contributed by atoms with Crippen LogP contribution in [0.15, 0.2) is 53.4 Å². The topological polar surface area (TPSA) is 76.7 Å². The van der Waals surface area contributed by atoms with Crippen LogP contribution in [0.1, 0.15) is 26.3 Å². The molecule has 2 aromatic rings. The third-order valence-corrected chi connectivity index (χ3v) is 4.94. The monoisotopic (exact) mass is 402 g/mol. The average molecular weight is 403 g/mol. The van der Waals surface area contributed by atoms with Crippen LogP contribution in [0.25, 0.3) is 0 Å². The molecule has 7 heteroatoms. The van der Waals surface area contributed by atoms with Gasteiger partial charge in [0, 0.05) is 4.90 Å². The van der Waals surface area contributed by atoms with E-state index in [1.54, 1.807) is 38.1 Å². The second-order valence-electron chi connectivity index (χ2n) is 6.22. The predicted molar refractivity (Wildman–Crippen MR) is 110 cm³/mol. The second kappa shape index (κ2) is 10.6. The molecule has 0 saturated carbocycles. The van der Waals surface area contributed by atoms with E-state index < -0.39 is 12.0 Å². The molecule has 0 aliphatic rings. The van der Waals surface area contributed by atoms with Crippen LogP contribution in [0, 0.1) is 6.92 Å². The molecule has 2 atom stereocenters. The highest BCUT2D eigenvalue weighted by Crippen LogP contribution is 2.23. The Bertz CT molecular complexity index is 778. The Hall–Kier alpha value is -2.67. The van der Waals surface area contributed by atoms with E-state index in [2.05, 4.69) is 10.9 Å². The molecule has 2 rings (SSSR count). The molecule has 0 aliphatic heterocycles. The number of thioether (sulfide) groups is 1. The Morgan fingerprint density at radius 3 is 2.11 bits per heavy atom. The van der Waals surface area contributed by atoms with E-state index in [1.165, 1.54) is 11.8 Å². The third-order valence-electron chi connectivity index (χ3n) is 3.83. The van der Waals surface area contributed by atoms with E-state index in [9.17, 15) is 9.59 Å². The lowest BCUT2D eigenvalue weighted by Gasteiger charge is -2.17. The highest BCUT2D eigenvalue weighted by Gasteiger charge is 2.18. The SMILES string of the molecule is CCOc1ccc(O[C@@H](C)C(=O)NNC(=O)[C@H](C)Sc2ccc(C)cc2)cc1. The van der Waals surface area contributed by atoms with Crippen molar-refractivity contribution in [3.8, 4) is 11.5 Å². The molecule has 0 fully saturated rings. The maximum Gasteiger partial charge on any atom is 0.279 e. The fourth-order valence-electron chi connectivity index (χ4n) is 2.24. The van der Waals surface area contributed by atoms with Gasteiger partial charge < -0.3 is 9.47 Å². The van der Waals surface area contributed by atoms with Gasteiger partial charge in [-0.15, -0.1) is 11.8 Å². The Morgan fingerprint density at radius 1 is 0.929 bits per heavy atom. The summed E-state index contributed by atoms with van der Waals surface area (Å²) in [6, 6.07) is 14.9. The van der Waals surface area contributed by atoms with Crippen molar-refractivity contribution in [3.05, 3.63) is 54.1 Å². The fourth-order valence-corrected chi connectivity index (χ4v) is 3.11. The summed E-state index contributed by atoms with van der Waals surface area (Å²) in [7, 11) is 0. The number of hydrogen-bond acceptors (Lipinski definition) is 5. The summed E-state index contributed by atoms with van der Waals surface area (Å²) >= 11 is 1.42. The number of carbonyl (C=O) groups excluding carboxylic acids is 2. The highest BCUT2D eigenvalue weighted by molar-refractivity contribution is 8.00. The Balaban J connectivity index is 1.78. The van der Waals surface area contributed by atoms with Gasteiger partial charge in [0.1, 0.15) is 11.5 Å². The van der Waals surface area contributed by atoms with E-state index in [-0.39, 0.29) is 11.2 Å². The molecule has 2 amide bonds. The van der Waals surface area contributed by atoms with Crippen molar-refractivity contribution in [2.24, 2.45) is 0 Å². The molecule has 0 saturated heterocycles. The molecular formula is C21H26N2O4S. The van der Waals surface area contributed by atoms with Crippen molar-refractivity contribution in [2.75, 3.05) is 6.61 Å². The number of ether oxygens (including phenoxy) is 2. The van der Waals surface area contributed by atoms with Crippen LogP contribution in [0.2, 0.25) is 0 Å². The Labute approximate surface area is 170 Å². The molecule has 0 spiro atoms. The van der Waals surface area contributed by atoms with Gasteiger partial charge in [-0.3, -0.25) is 20.4 Å². The van der Waals surface area contributed by atoms with Gasteiger partial charge in [0.2, 0.25) is 0 Å². The Morgan fingerprint density at radius 2 is 1.50 bits per heavy atom. The summed E-state index contributed by atoms with van der Waals surface area (Å²) in [5.74, 6) is 0.557. The molecule has 0 aliphatic carbocycles. The van der Waals surface area contributed by atoms with Crippen molar-refractivity contribution in [1.82, 2.24) is 10.9 Å². The van der Waals surface area contributed by atoms with Gasteiger partial charge in [-0.05, 0) is 64.1 Å². The summed E-state index contributed by atoms with van der Waals surface area (Å²) in [4.78, 5) is 25.3. The molecule has 6 nitrogen and oxygen atoms in total. The average Bonchev–Trinajstić information content (AvgIpc) is 2.69. The number of rotatable bonds is 8. The van der Waals surface area contributed by atoms with Crippen LogP contribution in [0.3, 0.4) is 0 Å². The summed E-state index contributed by atoms with van der Waals surface area (Å²) in [6.45, 7) is 7.90. The molecular weight excluding hydrogens is 376 g/mol. The quantitative estimate of drug-likeness (QED) is 0.522. The number of aryl methyl sites for hydroxylation is 1. The first-order valence-corrected chi connectivity index (χ1v) is 9.99. The van der Waals surface area contributed by atoms with E-state index in [0.29, 0.717) is 12.4 Å². The van der Waals surface area contributed by atoms with Crippen LogP contribution >= 0.6 is 11.8 Å². The second-order valence-corrected chi connectivity index (χ2v) is 7.63. The fraction of sp³-hybridized carbons (Fsp3) is 0.333. The molecule has 2 N–H and O–H groups in total. The number of benzene rings is 2. The maximum atomic E-state index is 12.2. The van der Waals surface area contributed by atoms with Crippen LogP contribution in [0.5, 0.6) is 11.5 Å². The largest absolute Gasteiger partial charge is 0.494 e. The van der Waals surface area contributed by atoms with Crippen molar-refractivity contribution in [3.63, 3.8) is 0 Å². The maximum absolute atomic E-state index is 12.2. The lowest BCUT2D eigenvalue weighted by atomic mass is 10.2. The van der Waals surface area contributed by atoms with Crippen LogP contribution < -0.4 is 20.3 Å². The summed E-state index contributed by atoms with van der Waals surface area (Å²) in [5.41, 5.74) is 6.02. The van der Waals surface area contributed by atoms with E-state index in [0.717, 1.165) is 16.2 Å². The molecule has 0 radical (unpaired) electrons. The standard InChI is InChI=1S/C21H26N2O4S/c1-5-26-17-8-10-18(11-9-17)27-15(3)20(24)22-23-21(25)16(4)28-19-12-6-14(2)7-13-19/h6-13,15-16H,5H2,1-4H3,(H,22,24)(H,23,25)/t15-,16-/m0/s1. The minimum absolute atomic E-state index is 0.285. The lowest BCUT2D eigenvalue weighted by Crippen LogP contribution is -2.49.